The molecule has 8 nitrogen and oxygen atoms in total. The molecule has 0 bridgehead atoms. The van der Waals surface area contributed by atoms with Crippen molar-refractivity contribution in [3.63, 3.8) is 0 Å². The monoisotopic (exact) mass is 364 g/mol. The molecule has 0 aromatic rings. The van der Waals surface area contributed by atoms with Gasteiger partial charge in [-0.1, -0.05) is 0 Å². The fourth-order valence-electron chi connectivity index (χ4n) is 2.54. The maximum Gasteiger partial charge on any atom is 0.315 e. The number of hydrogen-bond donors (Lipinski definition) is 3. The first-order valence-corrected chi connectivity index (χ1v) is 10.8. The molecule has 0 aromatic carbocycles. The van der Waals surface area contributed by atoms with Crippen LogP contribution in [0.1, 0.15) is 13.8 Å². The minimum atomic E-state index is -3.07. The van der Waals surface area contributed by atoms with Crippen molar-refractivity contribution in [1.29, 1.82) is 0 Å². The second-order valence-corrected chi connectivity index (χ2v) is 8.19. The third-order valence-corrected chi connectivity index (χ3v) is 5.92. The highest BCUT2D eigenvalue weighted by Gasteiger charge is 2.30. The SMILES string of the molecule is CCOC(=O)CP(=O)(CN1CCNCCNCCNCC1)OCC. The largest absolute Gasteiger partial charge is 0.466 e. The molecule has 3 N–H and O–H groups in total. The molecule has 142 valence electrons. The lowest BCUT2D eigenvalue weighted by atomic mass is 10.4. The van der Waals surface area contributed by atoms with Gasteiger partial charge in [0.25, 0.3) is 0 Å². The Morgan fingerprint density at radius 1 is 0.958 bits per heavy atom. The summed E-state index contributed by atoms with van der Waals surface area (Å²) in [6.07, 6.45) is 0.122. The van der Waals surface area contributed by atoms with Crippen molar-refractivity contribution in [2.24, 2.45) is 0 Å². The highest BCUT2D eigenvalue weighted by atomic mass is 31.2. The average molecular weight is 364 g/mol. The summed E-state index contributed by atoms with van der Waals surface area (Å²) >= 11 is 0. The fourth-order valence-corrected chi connectivity index (χ4v) is 4.66. The van der Waals surface area contributed by atoms with E-state index in [0.29, 0.717) is 6.61 Å². The van der Waals surface area contributed by atoms with Crippen molar-refractivity contribution in [2.75, 3.05) is 78.0 Å². The zero-order valence-electron chi connectivity index (χ0n) is 15.0. The number of hydrogen-bond acceptors (Lipinski definition) is 8. The van der Waals surface area contributed by atoms with E-state index in [-0.39, 0.29) is 19.1 Å². The van der Waals surface area contributed by atoms with Crippen LogP contribution in [-0.2, 0) is 18.6 Å². The van der Waals surface area contributed by atoms with Crippen molar-refractivity contribution < 1.29 is 18.6 Å². The van der Waals surface area contributed by atoms with Gasteiger partial charge in [-0.15, -0.1) is 0 Å². The first-order valence-electron chi connectivity index (χ1n) is 8.82. The first-order chi connectivity index (χ1) is 11.6. The number of carbonyl (C=O) groups is 1. The van der Waals surface area contributed by atoms with Gasteiger partial charge in [0.05, 0.1) is 19.5 Å². The molecule has 1 atom stereocenters. The molecule has 1 rings (SSSR count). The van der Waals surface area contributed by atoms with Crippen LogP contribution in [0, 0.1) is 0 Å². The first kappa shape index (κ1) is 21.5. The lowest BCUT2D eigenvalue weighted by Crippen LogP contribution is -2.42. The molecule has 1 aliphatic rings. The van der Waals surface area contributed by atoms with E-state index in [0.717, 1.165) is 52.4 Å². The molecule has 1 aliphatic heterocycles. The van der Waals surface area contributed by atoms with Crippen molar-refractivity contribution in [2.45, 2.75) is 13.8 Å². The summed E-state index contributed by atoms with van der Waals surface area (Å²) in [7, 11) is -3.07. The fraction of sp³-hybridized carbons (Fsp3) is 0.933. The van der Waals surface area contributed by atoms with Crippen LogP contribution in [0.15, 0.2) is 0 Å². The lowest BCUT2D eigenvalue weighted by Gasteiger charge is -2.27. The Morgan fingerprint density at radius 3 is 2.00 bits per heavy atom. The molecule has 1 fully saturated rings. The summed E-state index contributed by atoms with van der Waals surface area (Å²) in [6, 6.07) is 0. The minimum absolute atomic E-state index is 0.157. The molecule has 0 aliphatic carbocycles. The van der Waals surface area contributed by atoms with E-state index < -0.39 is 13.3 Å². The Bertz CT molecular complexity index is 386. The van der Waals surface area contributed by atoms with E-state index in [1.54, 1.807) is 13.8 Å². The quantitative estimate of drug-likeness (QED) is 0.426. The normalized spacial score (nSPS) is 21.2. The Labute approximate surface area is 145 Å². The summed E-state index contributed by atoms with van der Waals surface area (Å²) < 4.78 is 23.5. The topological polar surface area (TPSA) is 91.9 Å². The van der Waals surface area contributed by atoms with Crippen LogP contribution in [0.5, 0.6) is 0 Å². The van der Waals surface area contributed by atoms with Gasteiger partial charge >= 0.3 is 5.97 Å². The van der Waals surface area contributed by atoms with Gasteiger partial charge in [0, 0.05) is 52.4 Å². The maximum absolute atomic E-state index is 13.0. The number of nitrogens with zero attached hydrogens (tertiary/aromatic N) is 1. The van der Waals surface area contributed by atoms with E-state index in [9.17, 15) is 9.36 Å². The van der Waals surface area contributed by atoms with Crippen LogP contribution >= 0.6 is 7.37 Å². The predicted molar refractivity (Wildman–Crippen MR) is 95.8 cm³/mol. The molecular weight excluding hydrogens is 331 g/mol. The van der Waals surface area contributed by atoms with E-state index in [1.807, 2.05) is 0 Å². The van der Waals surface area contributed by atoms with Gasteiger partial charge in [-0.2, -0.15) is 0 Å². The lowest BCUT2D eigenvalue weighted by molar-refractivity contribution is -0.140. The van der Waals surface area contributed by atoms with Crippen LogP contribution in [-0.4, -0.2) is 88.9 Å². The smallest absolute Gasteiger partial charge is 0.315 e. The summed E-state index contributed by atoms with van der Waals surface area (Å²) in [5.74, 6) is -0.453. The molecule has 1 heterocycles. The van der Waals surface area contributed by atoms with Crippen molar-refractivity contribution in [1.82, 2.24) is 20.9 Å². The second kappa shape index (κ2) is 12.8. The van der Waals surface area contributed by atoms with Gasteiger partial charge in [0.15, 0.2) is 0 Å². The Morgan fingerprint density at radius 2 is 1.50 bits per heavy atom. The second-order valence-electron chi connectivity index (χ2n) is 5.70. The minimum Gasteiger partial charge on any atom is -0.466 e. The summed E-state index contributed by atoms with van der Waals surface area (Å²) in [4.78, 5) is 13.9. The summed E-state index contributed by atoms with van der Waals surface area (Å²) in [6.45, 7) is 11.0. The summed E-state index contributed by atoms with van der Waals surface area (Å²) in [5.41, 5.74) is 0. The van der Waals surface area contributed by atoms with E-state index >= 15 is 0 Å². The molecule has 0 saturated carbocycles. The van der Waals surface area contributed by atoms with Crippen molar-refractivity contribution >= 4 is 13.3 Å². The Balaban J connectivity index is 2.61. The van der Waals surface area contributed by atoms with Crippen LogP contribution in [0.2, 0.25) is 0 Å². The van der Waals surface area contributed by atoms with Gasteiger partial charge in [-0.3, -0.25) is 14.3 Å². The Hall–Kier alpha value is -0.500. The maximum atomic E-state index is 13.0. The van der Waals surface area contributed by atoms with Crippen LogP contribution in [0.3, 0.4) is 0 Å². The zero-order chi connectivity index (χ0) is 17.7. The number of carbonyl (C=O) groups excluding carboxylic acids is 1. The standard InChI is InChI=1S/C15H33N4O4P/c1-3-22-15(20)13-24(21,23-4-2)14-19-11-9-17-7-5-16-6-8-18-10-12-19/h16-18H,3-14H2,1-2H3. The van der Waals surface area contributed by atoms with Gasteiger partial charge in [0.1, 0.15) is 6.16 Å². The average Bonchev–Trinajstić information content (AvgIpc) is 2.50. The summed E-state index contributed by atoms with van der Waals surface area (Å²) in [5, 5.41) is 10.1. The number of ether oxygens (including phenoxy) is 1. The van der Waals surface area contributed by atoms with Gasteiger partial charge < -0.3 is 25.2 Å². The third kappa shape index (κ3) is 9.71. The van der Waals surface area contributed by atoms with Gasteiger partial charge in [0.2, 0.25) is 7.37 Å². The molecule has 24 heavy (non-hydrogen) atoms. The zero-order valence-corrected chi connectivity index (χ0v) is 15.9. The van der Waals surface area contributed by atoms with E-state index in [1.165, 1.54) is 0 Å². The highest BCUT2D eigenvalue weighted by Crippen LogP contribution is 2.47. The predicted octanol–water partition coefficient (Wildman–Crippen LogP) is -0.0940. The third-order valence-electron chi connectivity index (χ3n) is 3.62. The molecule has 0 spiro atoms. The highest BCUT2D eigenvalue weighted by molar-refractivity contribution is 7.59. The molecule has 1 saturated heterocycles. The molecular formula is C15H33N4O4P. The molecule has 1 unspecified atom stereocenters. The molecule has 9 heteroatoms. The van der Waals surface area contributed by atoms with Gasteiger partial charge in [-0.25, -0.2) is 0 Å². The van der Waals surface area contributed by atoms with E-state index in [4.69, 9.17) is 9.26 Å². The number of rotatable bonds is 7. The van der Waals surface area contributed by atoms with Crippen LogP contribution in [0.4, 0.5) is 0 Å². The number of esters is 1. The molecule has 0 amide bonds. The molecule has 0 aromatic heterocycles. The van der Waals surface area contributed by atoms with Crippen LogP contribution < -0.4 is 16.0 Å². The van der Waals surface area contributed by atoms with Crippen molar-refractivity contribution in [3.05, 3.63) is 0 Å². The number of nitrogens with one attached hydrogen (secondary N) is 3. The van der Waals surface area contributed by atoms with E-state index in [2.05, 4.69) is 20.9 Å². The van der Waals surface area contributed by atoms with Gasteiger partial charge in [-0.05, 0) is 13.8 Å². The Kier molecular flexibility index (Phi) is 11.5. The van der Waals surface area contributed by atoms with Crippen molar-refractivity contribution in [3.8, 4) is 0 Å². The molecule has 0 radical (unpaired) electrons. The van der Waals surface area contributed by atoms with Crippen LogP contribution in [0.25, 0.3) is 0 Å².